The van der Waals surface area contributed by atoms with Crippen molar-refractivity contribution in [1.29, 1.82) is 0 Å². The largest absolute Gasteiger partial charge is 0.501 e. The van der Waals surface area contributed by atoms with E-state index in [0.29, 0.717) is 18.8 Å². The second kappa shape index (κ2) is 6.67. The second-order valence-electron chi connectivity index (χ2n) is 3.10. The Labute approximate surface area is 95.7 Å². The van der Waals surface area contributed by atoms with E-state index in [0.717, 1.165) is 5.56 Å². The Kier molecular flexibility index (Phi) is 5.12. The molecule has 0 saturated heterocycles. The van der Waals surface area contributed by atoms with Crippen LogP contribution in [-0.2, 0) is 9.47 Å². The van der Waals surface area contributed by atoms with Gasteiger partial charge in [0.15, 0.2) is 0 Å². The molecule has 0 fully saturated rings. The van der Waals surface area contributed by atoms with Crippen molar-refractivity contribution in [1.82, 2.24) is 0 Å². The van der Waals surface area contributed by atoms with Gasteiger partial charge in [0.2, 0.25) is 0 Å². The van der Waals surface area contributed by atoms with Crippen LogP contribution >= 0.6 is 0 Å². The Morgan fingerprint density at radius 3 is 2.44 bits per heavy atom. The molecule has 1 rings (SSSR count). The lowest BCUT2D eigenvalue weighted by Gasteiger charge is -2.01. The van der Waals surface area contributed by atoms with Gasteiger partial charge in [0.1, 0.15) is 0 Å². The molecular weight excluding hydrogens is 204 g/mol. The van der Waals surface area contributed by atoms with Crippen LogP contribution < -0.4 is 0 Å². The molecule has 0 spiro atoms. The average molecular weight is 220 g/mol. The Bertz CT molecular complexity index is 352. The van der Waals surface area contributed by atoms with Crippen LogP contribution in [0.25, 0.3) is 6.08 Å². The highest BCUT2D eigenvalue weighted by molar-refractivity contribution is 5.89. The number of carbonyl (C=O) groups excluding carboxylic acids is 1. The van der Waals surface area contributed by atoms with E-state index in [2.05, 4.69) is 0 Å². The molecule has 0 N–H and O–H groups in total. The van der Waals surface area contributed by atoms with Crippen LogP contribution in [0.4, 0.5) is 0 Å². The molecule has 0 amide bonds. The monoisotopic (exact) mass is 220 g/mol. The molecule has 0 aliphatic heterocycles. The predicted molar refractivity (Wildman–Crippen MR) is 63.1 cm³/mol. The van der Waals surface area contributed by atoms with E-state index in [1.165, 1.54) is 0 Å². The summed E-state index contributed by atoms with van der Waals surface area (Å²) in [5, 5.41) is 0. The minimum atomic E-state index is -0.289. The maximum atomic E-state index is 11.4. The summed E-state index contributed by atoms with van der Waals surface area (Å²) < 4.78 is 9.97. The summed E-state index contributed by atoms with van der Waals surface area (Å²) in [7, 11) is 0. The molecule has 0 heterocycles. The van der Waals surface area contributed by atoms with Gasteiger partial charge in [0.25, 0.3) is 0 Å². The van der Waals surface area contributed by atoms with Crippen LogP contribution in [0.5, 0.6) is 0 Å². The minimum absolute atomic E-state index is 0.289. The molecule has 1 aromatic rings. The van der Waals surface area contributed by atoms with Crippen LogP contribution in [0.3, 0.4) is 0 Å². The fourth-order valence-corrected chi connectivity index (χ4v) is 1.17. The highest BCUT2D eigenvalue weighted by Crippen LogP contribution is 2.07. The van der Waals surface area contributed by atoms with E-state index >= 15 is 0 Å². The number of carbonyl (C=O) groups is 1. The SMILES string of the molecule is CCO/C=C/c1ccc(C(=O)OCC)cc1. The average Bonchev–Trinajstić information content (AvgIpc) is 2.30. The summed E-state index contributed by atoms with van der Waals surface area (Å²) in [6.07, 6.45) is 3.48. The van der Waals surface area contributed by atoms with Gasteiger partial charge in [0.05, 0.1) is 25.0 Å². The molecule has 0 atom stereocenters. The van der Waals surface area contributed by atoms with Crippen molar-refractivity contribution in [3.8, 4) is 0 Å². The van der Waals surface area contributed by atoms with Gasteiger partial charge in [-0.1, -0.05) is 12.1 Å². The number of benzene rings is 1. The maximum absolute atomic E-state index is 11.4. The van der Waals surface area contributed by atoms with Crippen molar-refractivity contribution in [3.63, 3.8) is 0 Å². The Morgan fingerprint density at radius 2 is 1.88 bits per heavy atom. The lowest BCUT2D eigenvalue weighted by atomic mass is 10.1. The number of hydrogen-bond donors (Lipinski definition) is 0. The quantitative estimate of drug-likeness (QED) is 0.565. The standard InChI is InChI=1S/C13H16O3/c1-3-15-10-9-11-5-7-12(8-6-11)13(14)16-4-2/h5-10H,3-4H2,1-2H3/b10-9+. The van der Waals surface area contributed by atoms with Crippen LogP contribution in [0.1, 0.15) is 29.8 Å². The van der Waals surface area contributed by atoms with Crippen LogP contribution in [-0.4, -0.2) is 19.2 Å². The molecule has 1 aromatic carbocycles. The zero-order chi connectivity index (χ0) is 11.8. The molecule has 3 heteroatoms. The Balaban J connectivity index is 2.64. The summed E-state index contributed by atoms with van der Waals surface area (Å²) in [5.41, 5.74) is 1.55. The molecule has 0 aliphatic rings. The third-order valence-corrected chi connectivity index (χ3v) is 1.95. The first-order valence-electron chi connectivity index (χ1n) is 5.33. The summed E-state index contributed by atoms with van der Waals surface area (Å²) in [5.74, 6) is -0.289. The lowest BCUT2D eigenvalue weighted by Crippen LogP contribution is -2.03. The van der Waals surface area contributed by atoms with Crippen LogP contribution in [0.2, 0.25) is 0 Å². The smallest absolute Gasteiger partial charge is 0.338 e. The molecule has 0 aliphatic carbocycles. The molecule has 0 aromatic heterocycles. The van der Waals surface area contributed by atoms with Crippen molar-refractivity contribution in [2.45, 2.75) is 13.8 Å². The van der Waals surface area contributed by atoms with E-state index in [4.69, 9.17) is 9.47 Å². The van der Waals surface area contributed by atoms with Gasteiger partial charge >= 0.3 is 5.97 Å². The van der Waals surface area contributed by atoms with Gasteiger partial charge in [-0.2, -0.15) is 0 Å². The number of hydrogen-bond acceptors (Lipinski definition) is 3. The van der Waals surface area contributed by atoms with E-state index in [1.807, 2.05) is 25.1 Å². The first-order valence-corrected chi connectivity index (χ1v) is 5.33. The zero-order valence-corrected chi connectivity index (χ0v) is 9.60. The summed E-state index contributed by atoms with van der Waals surface area (Å²) >= 11 is 0. The fraction of sp³-hybridized carbons (Fsp3) is 0.308. The highest BCUT2D eigenvalue weighted by atomic mass is 16.5. The first-order chi connectivity index (χ1) is 7.77. The van der Waals surface area contributed by atoms with Gasteiger partial charge in [-0.25, -0.2) is 4.79 Å². The fourth-order valence-electron chi connectivity index (χ4n) is 1.17. The highest BCUT2D eigenvalue weighted by Gasteiger charge is 2.04. The second-order valence-corrected chi connectivity index (χ2v) is 3.10. The van der Waals surface area contributed by atoms with E-state index in [9.17, 15) is 4.79 Å². The van der Waals surface area contributed by atoms with Gasteiger partial charge < -0.3 is 9.47 Å². The lowest BCUT2D eigenvalue weighted by molar-refractivity contribution is 0.0526. The summed E-state index contributed by atoms with van der Waals surface area (Å²) in [6, 6.07) is 7.18. The summed E-state index contributed by atoms with van der Waals surface area (Å²) in [4.78, 5) is 11.4. The molecule has 0 radical (unpaired) electrons. The van der Waals surface area contributed by atoms with Crippen molar-refractivity contribution < 1.29 is 14.3 Å². The van der Waals surface area contributed by atoms with Crippen LogP contribution in [0, 0.1) is 0 Å². The van der Waals surface area contributed by atoms with Gasteiger partial charge in [-0.05, 0) is 37.6 Å². The number of ether oxygens (including phenoxy) is 2. The normalized spacial score (nSPS) is 10.4. The first kappa shape index (κ1) is 12.3. The van der Waals surface area contributed by atoms with Gasteiger partial charge in [-0.15, -0.1) is 0 Å². The maximum Gasteiger partial charge on any atom is 0.338 e. The van der Waals surface area contributed by atoms with Gasteiger partial charge in [-0.3, -0.25) is 0 Å². The third-order valence-electron chi connectivity index (χ3n) is 1.95. The van der Waals surface area contributed by atoms with Gasteiger partial charge in [0, 0.05) is 0 Å². The van der Waals surface area contributed by atoms with Crippen molar-refractivity contribution in [3.05, 3.63) is 41.7 Å². The summed E-state index contributed by atoms with van der Waals surface area (Å²) in [6.45, 7) is 4.76. The molecule has 3 nitrogen and oxygen atoms in total. The third kappa shape index (κ3) is 3.77. The van der Waals surface area contributed by atoms with Crippen molar-refractivity contribution in [2.75, 3.05) is 13.2 Å². The molecule has 16 heavy (non-hydrogen) atoms. The van der Waals surface area contributed by atoms with Crippen molar-refractivity contribution >= 4 is 12.0 Å². The zero-order valence-electron chi connectivity index (χ0n) is 9.60. The topological polar surface area (TPSA) is 35.5 Å². The minimum Gasteiger partial charge on any atom is -0.501 e. The molecule has 0 bridgehead atoms. The molecule has 0 saturated carbocycles. The van der Waals surface area contributed by atoms with Crippen LogP contribution in [0.15, 0.2) is 30.5 Å². The molecule has 86 valence electrons. The molecular formula is C13H16O3. The Hall–Kier alpha value is -1.77. The van der Waals surface area contributed by atoms with E-state index < -0.39 is 0 Å². The van der Waals surface area contributed by atoms with E-state index in [1.54, 1.807) is 25.3 Å². The predicted octanol–water partition coefficient (Wildman–Crippen LogP) is 2.87. The molecule has 0 unspecified atom stereocenters. The number of esters is 1. The number of rotatable bonds is 5. The Morgan fingerprint density at radius 1 is 1.19 bits per heavy atom. The van der Waals surface area contributed by atoms with Crippen molar-refractivity contribution in [2.24, 2.45) is 0 Å². The van der Waals surface area contributed by atoms with E-state index in [-0.39, 0.29) is 5.97 Å².